The third-order valence-corrected chi connectivity index (χ3v) is 18.8. The number of nitrogens with zero attached hydrogens (tertiary/aromatic N) is 4. The van der Waals surface area contributed by atoms with Crippen LogP contribution in [0.2, 0.25) is 0 Å². The van der Waals surface area contributed by atoms with Gasteiger partial charge in [-0.25, -0.2) is 24.2 Å². The average molecular weight is 1470 g/mol. The van der Waals surface area contributed by atoms with Gasteiger partial charge in [0.1, 0.15) is 72.8 Å². The van der Waals surface area contributed by atoms with Gasteiger partial charge in [0.05, 0.1) is 72.1 Å². The third kappa shape index (κ3) is 17.8. The smallest absolute Gasteiger partial charge is 0.416 e. The summed E-state index contributed by atoms with van der Waals surface area (Å²) in [6.45, 7) is 17.0. The number of ketones is 1. The molecule has 4 fully saturated rings. The Hall–Kier alpha value is -8.87. The second-order valence-corrected chi connectivity index (χ2v) is 27.9. The van der Waals surface area contributed by atoms with Gasteiger partial charge in [-0.3, -0.25) is 19.2 Å². The Balaban J connectivity index is 0.848. The fraction of sp³-hybridized carbons (Fsp3) is 0.521. The molecule has 0 bridgehead atoms. The lowest BCUT2D eigenvalue weighted by Gasteiger charge is -2.38. The summed E-state index contributed by atoms with van der Waals surface area (Å²) in [5, 5.41) is 103. The molecule has 32 nitrogen and oxygen atoms in total. The molecule has 11 N–H and O–H groups in total. The van der Waals surface area contributed by atoms with Crippen molar-refractivity contribution in [2.24, 2.45) is 0 Å². The van der Waals surface area contributed by atoms with Crippen LogP contribution >= 0.6 is 0 Å². The van der Waals surface area contributed by atoms with E-state index in [1.54, 1.807) is 26.0 Å². The van der Waals surface area contributed by atoms with Gasteiger partial charge < -0.3 is 114 Å². The van der Waals surface area contributed by atoms with Gasteiger partial charge in [0.25, 0.3) is 17.7 Å². The van der Waals surface area contributed by atoms with Crippen molar-refractivity contribution in [2.75, 3.05) is 76.7 Å². The summed E-state index contributed by atoms with van der Waals surface area (Å²) in [6.07, 6.45) is -20.2. The Morgan fingerprint density at radius 3 is 1.62 bits per heavy atom. The zero-order valence-corrected chi connectivity index (χ0v) is 59.3. The largest absolute Gasteiger partial charge is 0.493 e. The number of carbonyl (C=O) groups excluding carboxylic acids is 6. The Morgan fingerprint density at radius 1 is 0.619 bits per heavy atom. The number of fused-ring (bicyclic) bond motifs is 4. The van der Waals surface area contributed by atoms with Crippen LogP contribution in [0.3, 0.4) is 0 Å². The third-order valence-electron chi connectivity index (χ3n) is 18.8. The number of rotatable bonds is 27. The molecule has 14 atom stereocenters. The van der Waals surface area contributed by atoms with E-state index in [0.29, 0.717) is 35.1 Å². The molecule has 0 saturated carbocycles. The van der Waals surface area contributed by atoms with Crippen molar-refractivity contribution in [3.8, 4) is 23.0 Å². The molecule has 4 aromatic carbocycles. The van der Waals surface area contributed by atoms with Crippen molar-refractivity contribution >= 4 is 53.0 Å². The fourth-order valence-corrected chi connectivity index (χ4v) is 13.4. The molecule has 5 amide bonds. The number of carbonyl (C=O) groups is 7. The molecule has 4 aromatic rings. The number of hydrogen-bond acceptors (Lipinski definition) is 26. The van der Waals surface area contributed by atoms with E-state index >= 15 is 0 Å². The number of methoxy groups -OCH3 is 2. The molecule has 0 aromatic heterocycles. The van der Waals surface area contributed by atoms with Gasteiger partial charge in [-0.05, 0) is 125 Å². The molecule has 6 aliphatic rings. The first-order chi connectivity index (χ1) is 49.9. The van der Waals surface area contributed by atoms with Gasteiger partial charge in [0.15, 0.2) is 24.3 Å². The van der Waals surface area contributed by atoms with Crippen molar-refractivity contribution < 1.29 is 127 Å². The maximum absolute atomic E-state index is 14.7. The van der Waals surface area contributed by atoms with E-state index in [4.69, 9.17) is 47.4 Å². The van der Waals surface area contributed by atoms with Gasteiger partial charge in [-0.1, -0.05) is 36.4 Å². The topological polar surface area (TPSA) is 431 Å². The van der Waals surface area contributed by atoms with Gasteiger partial charge in [-0.2, -0.15) is 0 Å². The molecule has 105 heavy (non-hydrogen) atoms. The number of Topliss-reactive ketones (excluding diaryl/α,β-unsaturated/α-hetero) is 1. The van der Waals surface area contributed by atoms with Crippen molar-refractivity contribution in [3.05, 3.63) is 129 Å². The molecule has 6 aliphatic heterocycles. The first kappa shape index (κ1) is 78.7. The number of aliphatic hydroxyl groups is 8. The average Bonchev–Trinajstić information content (AvgIpc) is 1.62. The van der Waals surface area contributed by atoms with Crippen molar-refractivity contribution in [1.82, 2.24) is 20.4 Å². The summed E-state index contributed by atoms with van der Waals surface area (Å²) < 4.78 is 57.4. The second kappa shape index (κ2) is 33.7. The zero-order valence-electron chi connectivity index (χ0n) is 59.3. The van der Waals surface area contributed by atoms with Crippen molar-refractivity contribution in [2.45, 2.75) is 178 Å². The van der Waals surface area contributed by atoms with Crippen LogP contribution in [-0.2, 0) is 46.4 Å². The summed E-state index contributed by atoms with van der Waals surface area (Å²) >= 11 is 0. The first-order valence-electron chi connectivity index (χ1n) is 34.4. The summed E-state index contributed by atoms with van der Waals surface area (Å²) in [4.78, 5) is 102. The second-order valence-electron chi connectivity index (χ2n) is 27.9. The van der Waals surface area contributed by atoms with Crippen LogP contribution < -0.4 is 39.4 Å². The van der Waals surface area contributed by atoms with Crippen LogP contribution in [0, 0.1) is 13.8 Å². The molecule has 0 radical (unpaired) electrons. The molecule has 3 unspecified atom stereocenters. The lowest BCUT2D eigenvalue weighted by atomic mass is 9.98. The van der Waals surface area contributed by atoms with Crippen LogP contribution in [0.5, 0.6) is 23.0 Å². The minimum atomic E-state index is -2.01. The van der Waals surface area contributed by atoms with E-state index in [9.17, 15) is 79.5 Å². The number of carboxylic acids is 1. The fourth-order valence-electron chi connectivity index (χ4n) is 13.4. The Labute approximate surface area is 605 Å². The zero-order chi connectivity index (χ0) is 76.0. The Bertz CT molecular complexity index is 3920. The number of ether oxygens (including phenoxy) is 10. The quantitative estimate of drug-likeness (QED) is 0.0232. The monoisotopic (exact) mass is 1470 g/mol. The number of nitrogens with one attached hydrogen (secondary N) is 2. The molecule has 0 spiro atoms. The predicted molar refractivity (Wildman–Crippen MR) is 370 cm³/mol. The summed E-state index contributed by atoms with van der Waals surface area (Å²) in [7, 11) is 2.91. The van der Waals surface area contributed by atoms with Crippen LogP contribution in [0.25, 0.3) is 0 Å². The first-order valence-corrected chi connectivity index (χ1v) is 34.4. The molecular weight excluding hydrogens is 1380 g/mol. The van der Waals surface area contributed by atoms with Crippen LogP contribution in [-0.4, -0.2) is 256 Å². The lowest BCUT2D eigenvalue weighted by molar-refractivity contribution is -0.271. The van der Waals surface area contributed by atoms with E-state index in [2.05, 4.69) is 23.8 Å². The summed E-state index contributed by atoms with van der Waals surface area (Å²) in [5.74, 6) is -3.50. The number of aliphatic hydroxyl groups excluding tert-OH is 8. The number of aliphatic carboxylic acids is 1. The normalized spacial score (nSPS) is 25.5. The lowest BCUT2D eigenvalue weighted by Crippen LogP contribution is -2.61. The van der Waals surface area contributed by atoms with E-state index < -0.39 is 140 Å². The van der Waals surface area contributed by atoms with Gasteiger partial charge in [0, 0.05) is 70.6 Å². The minimum absolute atomic E-state index is 0.00662. The predicted octanol–water partition coefficient (Wildman–Crippen LogP) is 2.86. The van der Waals surface area contributed by atoms with Crippen LogP contribution in [0.15, 0.2) is 85.0 Å². The van der Waals surface area contributed by atoms with Crippen LogP contribution in [0.4, 0.5) is 21.0 Å². The summed E-state index contributed by atoms with van der Waals surface area (Å²) in [6, 6.07) is 12.3. The molecule has 6 heterocycles. The van der Waals surface area contributed by atoms with Gasteiger partial charge >= 0.3 is 18.2 Å². The van der Waals surface area contributed by atoms with E-state index in [0.717, 1.165) is 9.80 Å². The Morgan fingerprint density at radius 2 is 1.11 bits per heavy atom. The molecule has 10 rings (SSSR count). The maximum atomic E-state index is 14.7. The number of aryl methyl sites for hydroxylation is 2. The highest BCUT2D eigenvalue weighted by molar-refractivity contribution is 6.07. The van der Waals surface area contributed by atoms with Crippen molar-refractivity contribution in [1.29, 1.82) is 0 Å². The minimum Gasteiger partial charge on any atom is -0.493 e. The van der Waals surface area contributed by atoms with E-state index in [-0.39, 0.29) is 152 Å². The number of benzene rings is 4. The molecule has 570 valence electrons. The number of amides is 5. The molecule has 32 heteroatoms. The van der Waals surface area contributed by atoms with E-state index in [1.165, 1.54) is 72.6 Å². The number of hydrogen-bond donors (Lipinski definition) is 11. The molecule has 4 saturated heterocycles. The molecule has 0 aliphatic carbocycles. The van der Waals surface area contributed by atoms with Crippen molar-refractivity contribution in [3.63, 3.8) is 0 Å². The van der Waals surface area contributed by atoms with Gasteiger partial charge in [-0.15, -0.1) is 0 Å². The standard InChI is InChI=1S/C73H92N6O26/c1-36-23-49-66(90)78(71(94)101-33-40-12-14-53(45(27-40)51(80)11-10-19-96-8)104-70-61(86)58(83)59(84)62(105-70)68(92)93)47-29-55(38(3)25-43(47)64(88)76(49)31-36)98-20-16-42(75-73(5,6)7)17-21-99-56-30-48-44(26-39(56)4)65(89)77-32-37(2)24-50(77)67(91)79(48)72(95)102-34-41-13-15-54(46(28-41)63(87)74-18-22-97-9)103-69-60(85)57(82)52(81)35-100-69/h12-15,25-30,42,49-50,52,57-62,66-67,69-70,75,81-86,90-91H,1-2,10-11,16-24,31-35H2,3-9H3,(H,74,87)(H,92,93)/t42?,49-,50-,52+,57-,58-,59-,60+,61+,62-,66?,67?,69-,70+/m0/s1. The highest BCUT2D eigenvalue weighted by Crippen LogP contribution is 2.43. The number of carboxylic acid groups (broad SMARTS) is 1. The van der Waals surface area contributed by atoms with Crippen LogP contribution in [0.1, 0.15) is 123 Å². The van der Waals surface area contributed by atoms with Gasteiger partial charge in [0.2, 0.25) is 12.6 Å². The maximum Gasteiger partial charge on any atom is 0.416 e. The number of anilines is 2. The highest BCUT2D eigenvalue weighted by Gasteiger charge is 2.51. The molecular formula is C73H92N6O26. The van der Waals surface area contributed by atoms with E-state index in [1.807, 2.05) is 20.8 Å². The summed E-state index contributed by atoms with van der Waals surface area (Å²) in [5.41, 5.74) is 2.32. The highest BCUT2D eigenvalue weighted by atomic mass is 16.7. The Kier molecular flexibility index (Phi) is 25.3. The SMILES string of the molecule is C=C1C[C@H]2C(O)N(C(=O)OCc3ccc(O[C@@H]4O[C@H](C(=O)O)[C@@H](O)[C@H](O)[C@H]4O)c(C(=O)CCCOC)c3)c3cc(OCCC(CCOc4cc5c(cc4C)C(=O)N4CC(=C)C[C@H]4C(O)N5C(=O)OCc4ccc(O[C@@H]5OC[C@@H](O)[C@H](O)[C@H]5O)c(C(=O)NCCOC)c4)NC(C)(C)C)c(C)cc3C(=O)N2C1.